The molecule has 0 spiro atoms. The van der Waals surface area contributed by atoms with Crippen LogP contribution in [0.4, 0.5) is 0 Å². The first-order valence-corrected chi connectivity index (χ1v) is 15.8. The molecule has 6 heteroatoms. The smallest absolute Gasteiger partial charge is 0.185 e. The van der Waals surface area contributed by atoms with Crippen molar-refractivity contribution in [3.8, 4) is 47.4 Å². The molecule has 210 valence electrons. The molecule has 42 heavy (non-hydrogen) atoms. The molecule has 0 aliphatic rings. The van der Waals surface area contributed by atoms with E-state index in [1.807, 2.05) is 48.5 Å². The zero-order chi connectivity index (χ0) is 29.8. The maximum Gasteiger partial charge on any atom is 0.185 e. The minimum atomic E-state index is 0.146. The molecular weight excluding hydrogens is 557 g/mol. The summed E-state index contributed by atoms with van der Waals surface area (Å²) in [6.07, 6.45) is 8.63. The first kappa shape index (κ1) is 32.3. The topological polar surface area (TPSA) is 59.9 Å². The lowest BCUT2D eigenvalue weighted by Gasteiger charge is -2.03. The number of unbranched alkanes of at least 4 members (excludes halogenated alkanes) is 4. The van der Waals surface area contributed by atoms with Crippen LogP contribution in [0.2, 0.25) is 0 Å². The Balaban J connectivity index is 1.93. The van der Waals surface area contributed by atoms with Gasteiger partial charge in [-0.15, -0.1) is 0 Å². The zero-order valence-electron chi connectivity index (χ0n) is 24.0. The first-order valence-electron chi connectivity index (χ1n) is 13.8. The van der Waals surface area contributed by atoms with Gasteiger partial charge in [0.1, 0.15) is 11.4 Å². The maximum atomic E-state index is 11.2. The highest BCUT2D eigenvalue weighted by Crippen LogP contribution is 2.17. The summed E-state index contributed by atoms with van der Waals surface area (Å²) in [6.45, 7) is 3.19. The lowest BCUT2D eigenvalue weighted by Crippen LogP contribution is -1.93. The second-order valence-electron chi connectivity index (χ2n) is 9.07. The molecule has 1 aromatic carbocycles. The van der Waals surface area contributed by atoms with E-state index >= 15 is 0 Å². The van der Waals surface area contributed by atoms with E-state index < -0.39 is 0 Å². The van der Waals surface area contributed by atoms with Gasteiger partial charge >= 0.3 is 0 Å². The molecule has 0 amide bonds. The van der Waals surface area contributed by atoms with Crippen molar-refractivity contribution in [1.29, 1.82) is 0 Å². The van der Waals surface area contributed by atoms with Gasteiger partial charge in [0.2, 0.25) is 0 Å². The highest BCUT2D eigenvalue weighted by Gasteiger charge is 2.06. The summed E-state index contributed by atoms with van der Waals surface area (Å²) in [6, 6.07) is 15.2. The minimum Gasteiger partial charge on any atom is -0.288 e. The van der Waals surface area contributed by atoms with E-state index in [-0.39, 0.29) is 10.2 Å². The van der Waals surface area contributed by atoms with E-state index in [9.17, 15) is 9.59 Å². The van der Waals surface area contributed by atoms with Crippen molar-refractivity contribution in [1.82, 2.24) is 9.97 Å². The Morgan fingerprint density at radius 2 is 1.02 bits per heavy atom. The van der Waals surface area contributed by atoms with Gasteiger partial charge < -0.3 is 0 Å². The molecule has 3 rings (SSSR count). The van der Waals surface area contributed by atoms with Crippen LogP contribution in [-0.2, 0) is 9.59 Å². The predicted octanol–water partition coefficient (Wildman–Crippen LogP) is 6.88. The van der Waals surface area contributed by atoms with Crippen molar-refractivity contribution < 1.29 is 9.59 Å². The summed E-state index contributed by atoms with van der Waals surface area (Å²) < 4.78 is 0. The molecule has 0 saturated carbocycles. The molecule has 0 atom stereocenters. The molecule has 0 bridgehead atoms. The highest BCUT2D eigenvalue weighted by atomic mass is 32.2. The summed E-state index contributed by atoms with van der Waals surface area (Å²) >= 11 is 2.71. The van der Waals surface area contributed by atoms with Gasteiger partial charge in [-0.1, -0.05) is 71.2 Å². The van der Waals surface area contributed by atoms with Gasteiger partial charge in [0.15, 0.2) is 10.2 Å². The number of pyridine rings is 2. The summed E-state index contributed by atoms with van der Waals surface area (Å²) in [5, 5.41) is 0.292. The van der Waals surface area contributed by atoms with E-state index in [0.29, 0.717) is 11.4 Å². The van der Waals surface area contributed by atoms with E-state index in [1.165, 1.54) is 23.5 Å². The number of carbonyl (C=O) groups is 2. The molecule has 0 radical (unpaired) electrons. The summed E-state index contributed by atoms with van der Waals surface area (Å²) in [7, 11) is 0. The van der Waals surface area contributed by atoms with Crippen LogP contribution in [0.3, 0.4) is 0 Å². The van der Waals surface area contributed by atoms with Gasteiger partial charge in [-0.2, -0.15) is 0 Å². The number of hydrogen-bond acceptors (Lipinski definition) is 6. The van der Waals surface area contributed by atoms with Crippen molar-refractivity contribution in [2.45, 2.75) is 52.4 Å². The van der Waals surface area contributed by atoms with Gasteiger partial charge in [-0.3, -0.25) is 9.59 Å². The fraction of sp³-hybridized carbons (Fsp3) is 0.278. The Hall–Kier alpha value is -4.20. The minimum absolute atomic E-state index is 0.146. The number of benzene rings is 1. The molecule has 0 saturated heterocycles. The van der Waals surface area contributed by atoms with Crippen LogP contribution in [0.1, 0.15) is 86.0 Å². The first-order chi connectivity index (χ1) is 20.5. The van der Waals surface area contributed by atoms with Crippen LogP contribution in [0.25, 0.3) is 0 Å². The Labute approximate surface area is 258 Å². The Morgan fingerprint density at radius 1 is 0.595 bits per heavy atom. The van der Waals surface area contributed by atoms with E-state index in [2.05, 4.69) is 57.3 Å². The quantitative estimate of drug-likeness (QED) is 0.211. The number of rotatable bonds is 8. The van der Waals surface area contributed by atoms with Gasteiger partial charge in [-0.05, 0) is 73.9 Å². The third kappa shape index (κ3) is 13.0. The molecule has 0 unspecified atom stereocenters. The summed E-state index contributed by atoms with van der Waals surface area (Å²) in [5.74, 6) is 27.6. The molecule has 2 aromatic heterocycles. The van der Waals surface area contributed by atoms with Gasteiger partial charge in [0.05, 0.1) is 0 Å². The molecule has 4 nitrogen and oxygen atoms in total. The number of carbonyl (C=O) groups excluding carboxylic acids is 2. The molecular formula is C36H32N2O2S2. The van der Waals surface area contributed by atoms with E-state index in [4.69, 9.17) is 0 Å². The van der Waals surface area contributed by atoms with Crippen molar-refractivity contribution >= 4 is 33.8 Å². The number of nitrogens with zero attached hydrogens (tertiary/aromatic N) is 2. The number of aromatic nitrogens is 2. The number of thioether (sulfide) groups is 2. The Morgan fingerprint density at radius 3 is 1.40 bits per heavy atom. The van der Waals surface area contributed by atoms with Crippen LogP contribution in [0.5, 0.6) is 0 Å². The summed E-state index contributed by atoms with van der Waals surface area (Å²) in [5.41, 5.74) is 4.45. The molecule has 0 N–H and O–H groups in total. The van der Waals surface area contributed by atoms with E-state index in [0.717, 1.165) is 72.3 Å². The third-order valence-corrected chi connectivity index (χ3v) is 7.39. The van der Waals surface area contributed by atoms with Crippen LogP contribution < -0.4 is 0 Å². The standard InChI is InChI=1S/C36H32N2O2S2/c1-29(39)41-25-13-5-3-7-15-31-27-33(19-21-35-17-9-11-23-37-35)34(20-22-36-18-10-12-24-38-36)28-32(31)16-8-4-6-14-26-42-30(2)40/h9-12,17-18,23-24,27-28H,3-6,13-14,25-26H2,1-2H3. The third-order valence-electron chi connectivity index (χ3n) is 5.59. The zero-order valence-corrected chi connectivity index (χ0v) is 25.6. The monoisotopic (exact) mass is 588 g/mol. The molecule has 0 aliphatic heterocycles. The molecule has 0 aliphatic carbocycles. The van der Waals surface area contributed by atoms with E-state index in [1.54, 1.807) is 26.2 Å². The molecule has 2 heterocycles. The number of hydrogen-bond donors (Lipinski definition) is 0. The fourth-order valence-corrected chi connectivity index (χ4v) is 4.80. The van der Waals surface area contributed by atoms with Crippen molar-refractivity contribution in [2.75, 3.05) is 11.5 Å². The highest BCUT2D eigenvalue weighted by molar-refractivity contribution is 8.13. The normalized spacial score (nSPS) is 9.57. The largest absolute Gasteiger partial charge is 0.288 e. The van der Waals surface area contributed by atoms with Crippen LogP contribution >= 0.6 is 23.5 Å². The summed E-state index contributed by atoms with van der Waals surface area (Å²) in [4.78, 5) is 30.9. The van der Waals surface area contributed by atoms with Crippen molar-refractivity contribution in [2.24, 2.45) is 0 Å². The Kier molecular flexibility index (Phi) is 14.6. The maximum absolute atomic E-state index is 11.2. The lowest BCUT2D eigenvalue weighted by atomic mass is 9.98. The Bertz CT molecular complexity index is 1480. The SMILES string of the molecule is CC(=O)SCCCCC#Cc1cc(C#Cc2ccccn2)c(C#Cc2ccccn2)cc1C#CCCCCSC(C)=O. The fourth-order valence-electron chi connectivity index (χ4n) is 3.53. The second-order valence-corrected chi connectivity index (χ2v) is 11.6. The average Bonchev–Trinajstić information content (AvgIpc) is 2.99. The average molecular weight is 589 g/mol. The lowest BCUT2D eigenvalue weighted by molar-refractivity contribution is -0.109. The predicted molar refractivity (Wildman–Crippen MR) is 175 cm³/mol. The molecule has 3 aromatic rings. The van der Waals surface area contributed by atoms with Crippen molar-refractivity contribution in [3.63, 3.8) is 0 Å². The van der Waals surface area contributed by atoms with Crippen LogP contribution in [0.15, 0.2) is 60.9 Å². The van der Waals surface area contributed by atoms with Crippen LogP contribution in [0, 0.1) is 47.4 Å². The molecule has 0 fully saturated rings. The van der Waals surface area contributed by atoms with Crippen molar-refractivity contribution in [3.05, 3.63) is 94.6 Å². The van der Waals surface area contributed by atoms with Gasteiger partial charge in [-0.25, -0.2) is 9.97 Å². The van der Waals surface area contributed by atoms with Gasteiger partial charge in [0.25, 0.3) is 0 Å². The van der Waals surface area contributed by atoms with Gasteiger partial charge in [0, 0.05) is 72.8 Å². The second kappa shape index (κ2) is 19.0. The van der Waals surface area contributed by atoms with Crippen LogP contribution in [-0.4, -0.2) is 31.7 Å².